The Morgan fingerprint density at radius 2 is 1.57 bits per heavy atom. The van der Waals surface area contributed by atoms with Crippen LogP contribution in [-0.2, 0) is 30.2 Å². The number of ether oxygens (including phenoxy) is 4. The predicted molar refractivity (Wildman–Crippen MR) is 138 cm³/mol. The molecule has 2 aromatic rings. The van der Waals surface area contributed by atoms with Gasteiger partial charge < -0.3 is 18.9 Å². The number of thioether (sulfide) groups is 1. The van der Waals surface area contributed by atoms with Gasteiger partial charge in [0, 0.05) is 27.7 Å². The quantitative estimate of drug-likeness (QED) is 0.0369. The summed E-state index contributed by atoms with van der Waals surface area (Å²) >= 11 is 1.60. The number of halogens is 1. The van der Waals surface area contributed by atoms with Crippen molar-refractivity contribution in [2.75, 3.05) is 59.0 Å². The number of aryl methyl sites for hydroxylation is 1. The van der Waals surface area contributed by atoms with Crippen LogP contribution in [-0.4, -0.2) is 70.8 Å². The van der Waals surface area contributed by atoms with Crippen LogP contribution in [0.3, 0.4) is 0 Å². The number of rotatable bonds is 19. The van der Waals surface area contributed by atoms with Crippen LogP contribution >= 0.6 is 11.8 Å². The number of carbonyl (C=O) groups excluding carboxylic acids is 2. The molecule has 2 rings (SSSR count). The highest BCUT2D eigenvalue weighted by Crippen LogP contribution is 2.22. The Morgan fingerprint density at radius 3 is 2.19 bits per heavy atom. The monoisotopic (exact) mass is 533 g/mol. The van der Waals surface area contributed by atoms with Crippen molar-refractivity contribution in [3.05, 3.63) is 75.9 Å². The van der Waals surface area contributed by atoms with E-state index in [1.54, 1.807) is 36.0 Å². The van der Waals surface area contributed by atoms with Gasteiger partial charge in [-0.25, -0.2) is 4.39 Å². The fourth-order valence-electron chi connectivity index (χ4n) is 3.29. The number of esters is 1. The SMILES string of the molecule is COC(=O)C(CCc1ccc(F)cc1)C(=O)c1ccc(SCCOCCOCCOCCN=[N+]=[N-])cc1. The summed E-state index contributed by atoms with van der Waals surface area (Å²) in [5, 5.41) is 3.37. The van der Waals surface area contributed by atoms with Crippen molar-refractivity contribution in [1.29, 1.82) is 0 Å². The number of Topliss-reactive ketones (excluding diaryl/α,β-unsaturated/α-hetero) is 1. The Hall–Kier alpha value is -2.95. The minimum atomic E-state index is -0.923. The first-order valence-corrected chi connectivity index (χ1v) is 12.9. The van der Waals surface area contributed by atoms with Crippen molar-refractivity contribution in [3.63, 3.8) is 0 Å². The van der Waals surface area contributed by atoms with Crippen molar-refractivity contribution in [3.8, 4) is 0 Å². The summed E-state index contributed by atoms with van der Waals surface area (Å²) in [6.07, 6.45) is 0.733. The van der Waals surface area contributed by atoms with Crippen molar-refractivity contribution >= 4 is 23.5 Å². The molecule has 0 saturated heterocycles. The fourth-order valence-corrected chi connectivity index (χ4v) is 4.05. The zero-order valence-electron chi connectivity index (χ0n) is 20.8. The summed E-state index contributed by atoms with van der Waals surface area (Å²) in [6.45, 7) is 3.05. The van der Waals surface area contributed by atoms with E-state index in [9.17, 15) is 14.0 Å². The molecule has 0 N–H and O–H groups in total. The van der Waals surface area contributed by atoms with Gasteiger partial charge in [-0.2, -0.15) is 0 Å². The number of ketones is 1. The molecule has 2 aromatic carbocycles. The Bertz CT molecular complexity index is 1000. The number of azide groups is 1. The molecule has 9 nitrogen and oxygen atoms in total. The van der Waals surface area contributed by atoms with Gasteiger partial charge in [0.15, 0.2) is 5.78 Å². The van der Waals surface area contributed by atoms with Crippen molar-refractivity contribution in [1.82, 2.24) is 0 Å². The lowest BCUT2D eigenvalue weighted by Crippen LogP contribution is -2.26. The molecule has 1 atom stereocenters. The van der Waals surface area contributed by atoms with E-state index < -0.39 is 11.9 Å². The molecule has 11 heteroatoms. The molecule has 0 saturated carbocycles. The summed E-state index contributed by atoms with van der Waals surface area (Å²) in [5.74, 6) is -1.40. The van der Waals surface area contributed by atoms with Crippen LogP contribution in [0.25, 0.3) is 10.4 Å². The molecule has 0 amide bonds. The fraction of sp³-hybridized carbons (Fsp3) is 0.462. The van der Waals surface area contributed by atoms with Gasteiger partial charge in [0.25, 0.3) is 0 Å². The average molecular weight is 534 g/mol. The smallest absolute Gasteiger partial charge is 0.316 e. The first kappa shape index (κ1) is 30.3. The standard InChI is InChI=1S/C26H32FN3O6S/c1-33-26(32)24(11-4-20-2-7-22(27)8-3-20)25(31)21-5-9-23(10-6-21)37-19-18-36-17-16-35-15-14-34-13-12-29-30-28/h2-3,5-10,24H,4,11-19H2,1H3. The molecule has 0 heterocycles. The number of benzene rings is 2. The zero-order valence-corrected chi connectivity index (χ0v) is 21.7. The molecule has 0 aliphatic heterocycles. The first-order chi connectivity index (χ1) is 18.0. The molecular formula is C26H32FN3O6S. The Kier molecular flexibility index (Phi) is 15.0. The molecule has 37 heavy (non-hydrogen) atoms. The molecule has 1 unspecified atom stereocenters. The van der Waals surface area contributed by atoms with E-state index in [2.05, 4.69) is 10.0 Å². The highest BCUT2D eigenvalue weighted by molar-refractivity contribution is 7.99. The van der Waals surface area contributed by atoms with E-state index in [0.29, 0.717) is 58.2 Å². The molecule has 0 bridgehead atoms. The third-order valence-electron chi connectivity index (χ3n) is 5.22. The van der Waals surface area contributed by atoms with Crippen LogP contribution in [0.5, 0.6) is 0 Å². The van der Waals surface area contributed by atoms with Gasteiger partial charge in [-0.1, -0.05) is 29.4 Å². The molecule has 0 radical (unpaired) electrons. The molecule has 0 aromatic heterocycles. The second-order valence-corrected chi connectivity index (χ2v) is 8.94. The lowest BCUT2D eigenvalue weighted by molar-refractivity contribution is -0.143. The first-order valence-electron chi connectivity index (χ1n) is 11.9. The minimum Gasteiger partial charge on any atom is -0.468 e. The van der Waals surface area contributed by atoms with Gasteiger partial charge in [-0.05, 0) is 48.2 Å². The van der Waals surface area contributed by atoms with Gasteiger partial charge >= 0.3 is 5.97 Å². The van der Waals surface area contributed by atoms with E-state index in [4.69, 9.17) is 24.5 Å². The zero-order chi connectivity index (χ0) is 26.7. The van der Waals surface area contributed by atoms with Crippen LogP contribution in [0.1, 0.15) is 22.3 Å². The maximum absolute atomic E-state index is 13.1. The van der Waals surface area contributed by atoms with E-state index in [1.165, 1.54) is 19.2 Å². The van der Waals surface area contributed by atoms with Gasteiger partial charge in [0.05, 0.1) is 46.8 Å². The second kappa shape index (κ2) is 18.3. The minimum absolute atomic E-state index is 0.277. The maximum atomic E-state index is 13.1. The van der Waals surface area contributed by atoms with Crippen molar-refractivity contribution < 1.29 is 32.9 Å². The second-order valence-electron chi connectivity index (χ2n) is 7.77. The van der Waals surface area contributed by atoms with Crippen LogP contribution in [0, 0.1) is 11.7 Å². The lowest BCUT2D eigenvalue weighted by atomic mass is 9.91. The molecule has 0 aliphatic carbocycles. The summed E-state index contributed by atoms with van der Waals surface area (Å²) in [7, 11) is 1.26. The Labute approximate surface area is 220 Å². The third kappa shape index (κ3) is 12.2. The van der Waals surface area contributed by atoms with Gasteiger partial charge in [0.2, 0.25) is 0 Å². The number of nitrogens with zero attached hydrogens (tertiary/aromatic N) is 3. The van der Waals surface area contributed by atoms with E-state index >= 15 is 0 Å². The Balaban J connectivity index is 1.67. The van der Waals surface area contributed by atoms with Crippen LogP contribution < -0.4 is 0 Å². The van der Waals surface area contributed by atoms with Crippen molar-refractivity contribution in [2.45, 2.75) is 17.7 Å². The van der Waals surface area contributed by atoms with E-state index in [-0.39, 0.29) is 18.0 Å². The average Bonchev–Trinajstić information content (AvgIpc) is 2.92. The molecule has 200 valence electrons. The summed E-state index contributed by atoms with van der Waals surface area (Å²) in [5.41, 5.74) is 9.43. The maximum Gasteiger partial charge on any atom is 0.316 e. The normalized spacial score (nSPS) is 11.5. The third-order valence-corrected chi connectivity index (χ3v) is 6.19. The summed E-state index contributed by atoms with van der Waals surface area (Å²) < 4.78 is 34.1. The molecule has 0 aliphatic rings. The largest absolute Gasteiger partial charge is 0.468 e. The van der Waals surface area contributed by atoms with E-state index in [1.807, 2.05) is 12.1 Å². The summed E-state index contributed by atoms with van der Waals surface area (Å²) in [4.78, 5) is 28.9. The van der Waals surface area contributed by atoms with Gasteiger partial charge in [0.1, 0.15) is 11.7 Å². The Morgan fingerprint density at radius 1 is 0.946 bits per heavy atom. The molecule has 0 fully saturated rings. The van der Waals surface area contributed by atoms with Crippen LogP contribution in [0.2, 0.25) is 0 Å². The highest BCUT2D eigenvalue weighted by atomic mass is 32.2. The number of hydrogen-bond donors (Lipinski definition) is 0. The molecular weight excluding hydrogens is 501 g/mol. The number of hydrogen-bond acceptors (Lipinski definition) is 8. The lowest BCUT2D eigenvalue weighted by Gasteiger charge is -2.14. The van der Waals surface area contributed by atoms with Crippen LogP contribution in [0.15, 0.2) is 58.5 Å². The van der Waals surface area contributed by atoms with Crippen molar-refractivity contribution in [2.24, 2.45) is 11.0 Å². The summed E-state index contributed by atoms with van der Waals surface area (Å²) in [6, 6.07) is 13.1. The number of methoxy groups -OCH3 is 1. The van der Waals surface area contributed by atoms with Gasteiger partial charge in [-0.15, -0.1) is 11.8 Å². The van der Waals surface area contributed by atoms with Gasteiger partial charge in [-0.3, -0.25) is 9.59 Å². The topological polar surface area (TPSA) is 120 Å². The molecule has 0 spiro atoms. The number of carbonyl (C=O) groups is 2. The predicted octanol–water partition coefficient (Wildman–Crippen LogP) is 4.88. The van der Waals surface area contributed by atoms with E-state index in [0.717, 1.165) is 16.2 Å². The van der Waals surface area contributed by atoms with Crippen LogP contribution in [0.4, 0.5) is 4.39 Å². The highest BCUT2D eigenvalue weighted by Gasteiger charge is 2.28.